The summed E-state index contributed by atoms with van der Waals surface area (Å²) in [5.74, 6) is -0.981. The fourth-order valence-corrected chi connectivity index (χ4v) is 0.142. The highest BCUT2D eigenvalue weighted by atomic mass is 19.0. The van der Waals surface area contributed by atoms with E-state index in [-0.39, 0.29) is 4.70 Å². The zero-order chi connectivity index (χ0) is 9.28. The summed E-state index contributed by atoms with van der Waals surface area (Å²) in [4.78, 5) is 18.8. The Bertz CT molecular complexity index is 148. The number of hydrogen-bond donors (Lipinski definition) is 2. The molecule has 12 heavy (non-hydrogen) atoms. The molecule has 0 aliphatic heterocycles. The van der Waals surface area contributed by atoms with Crippen LogP contribution in [0.3, 0.4) is 0 Å². The number of carboxylic acid groups (broad SMARTS) is 1. The fraction of sp³-hybridized carbons (Fsp3) is 0.333. The molecule has 5 nitrogen and oxygen atoms in total. The maximum atomic E-state index is 9.60. The number of amides is 1. The molecule has 0 aliphatic carbocycles. The van der Waals surface area contributed by atoms with Crippen molar-refractivity contribution in [2.24, 2.45) is 5.73 Å². The normalized spacial score (nSPS) is 6.42. The lowest BCUT2D eigenvalue weighted by molar-refractivity contribution is -0.131. The maximum Gasteiger partial charge on any atom is 0.404 e. The molecule has 0 atom stereocenters. The number of ether oxygens (including phenoxy) is 1. The van der Waals surface area contributed by atoms with Crippen molar-refractivity contribution in [1.82, 2.24) is 0 Å². The predicted molar refractivity (Wildman–Crippen MR) is 41.5 cm³/mol. The van der Waals surface area contributed by atoms with Crippen LogP contribution in [0, 0.1) is 0 Å². The van der Waals surface area contributed by atoms with Crippen LogP contribution in [-0.4, -0.2) is 23.8 Å². The molecule has 0 radical (unpaired) electrons. The predicted octanol–water partition coefficient (Wildman–Crippen LogP) is 0.511. The van der Waals surface area contributed by atoms with Crippen LogP contribution in [0.25, 0.3) is 0 Å². The molecular formula is C6H12FNO4. The van der Waals surface area contributed by atoms with E-state index in [0.717, 1.165) is 6.08 Å². The summed E-state index contributed by atoms with van der Waals surface area (Å²) in [6.07, 6.45) is 0.123. The minimum Gasteiger partial charge on any atom is -0.478 e. The highest BCUT2D eigenvalue weighted by molar-refractivity contribution is 5.78. The smallest absolute Gasteiger partial charge is 0.404 e. The van der Waals surface area contributed by atoms with E-state index in [1.54, 1.807) is 6.92 Å². The van der Waals surface area contributed by atoms with Crippen molar-refractivity contribution in [3.8, 4) is 0 Å². The first-order valence-corrected chi connectivity index (χ1v) is 2.82. The van der Waals surface area contributed by atoms with Crippen LogP contribution in [0.4, 0.5) is 9.50 Å². The molecule has 6 heteroatoms. The van der Waals surface area contributed by atoms with Gasteiger partial charge in [-0.2, -0.15) is 0 Å². The average Bonchev–Trinajstić information content (AvgIpc) is 1.89. The molecule has 0 spiro atoms. The Hall–Kier alpha value is -1.59. The van der Waals surface area contributed by atoms with Crippen molar-refractivity contribution in [3.63, 3.8) is 0 Å². The van der Waals surface area contributed by atoms with Gasteiger partial charge in [-0.05, 0) is 6.92 Å². The molecule has 0 aliphatic rings. The maximum absolute atomic E-state index is 9.60. The van der Waals surface area contributed by atoms with Crippen LogP contribution in [-0.2, 0) is 9.53 Å². The standard InChI is InChI=1S/C3H7NO2.C3H4O2.FH/c1-2-6-3(4)5;1-2-3(4)5;/h2H2,1H3,(H2,4,5);2H,1H2,(H,4,5);1H. The second kappa shape index (κ2) is 12.1. The second-order valence-electron chi connectivity index (χ2n) is 1.29. The van der Waals surface area contributed by atoms with E-state index in [0.29, 0.717) is 6.61 Å². The Balaban J connectivity index is -0.000000126. The lowest BCUT2D eigenvalue weighted by atomic mass is 10.7. The van der Waals surface area contributed by atoms with Gasteiger partial charge in [-0.3, -0.25) is 4.70 Å². The van der Waals surface area contributed by atoms with E-state index in [9.17, 15) is 9.59 Å². The van der Waals surface area contributed by atoms with Gasteiger partial charge in [-0.1, -0.05) is 6.58 Å². The van der Waals surface area contributed by atoms with Gasteiger partial charge in [0.15, 0.2) is 0 Å². The van der Waals surface area contributed by atoms with Crippen LogP contribution in [0.15, 0.2) is 12.7 Å². The molecule has 0 aromatic carbocycles. The summed E-state index contributed by atoms with van der Waals surface area (Å²) in [5.41, 5.74) is 4.54. The molecule has 0 saturated heterocycles. The monoisotopic (exact) mass is 181 g/mol. The fourth-order valence-electron chi connectivity index (χ4n) is 0.142. The number of carbonyl (C=O) groups excluding carboxylic acids is 1. The van der Waals surface area contributed by atoms with Crippen molar-refractivity contribution in [2.75, 3.05) is 6.61 Å². The van der Waals surface area contributed by atoms with Gasteiger partial charge in [0, 0.05) is 6.08 Å². The van der Waals surface area contributed by atoms with Gasteiger partial charge in [0.05, 0.1) is 6.61 Å². The van der Waals surface area contributed by atoms with Gasteiger partial charge in [0.2, 0.25) is 0 Å². The van der Waals surface area contributed by atoms with Crippen molar-refractivity contribution in [1.29, 1.82) is 0 Å². The molecule has 72 valence electrons. The van der Waals surface area contributed by atoms with Crippen LogP contribution in [0.2, 0.25) is 0 Å². The first-order chi connectivity index (χ1) is 5.04. The third-order valence-electron chi connectivity index (χ3n) is 0.461. The summed E-state index contributed by atoms with van der Waals surface area (Å²) < 4.78 is 4.18. The SMILES string of the molecule is C=CC(=O)O.CCOC(N)=O.F. The topological polar surface area (TPSA) is 89.6 Å². The number of aliphatic carboxylic acids is 1. The summed E-state index contributed by atoms with van der Waals surface area (Å²) in [6, 6.07) is 0. The van der Waals surface area contributed by atoms with E-state index in [2.05, 4.69) is 17.0 Å². The molecular weight excluding hydrogens is 169 g/mol. The molecule has 0 fully saturated rings. The van der Waals surface area contributed by atoms with Crippen LogP contribution in [0.5, 0.6) is 0 Å². The third kappa shape index (κ3) is 39.7. The Kier molecular flexibility index (Phi) is 17.0. The van der Waals surface area contributed by atoms with Gasteiger partial charge < -0.3 is 15.6 Å². The molecule has 3 N–H and O–H groups in total. The molecule has 0 aromatic rings. The molecule has 0 heterocycles. The number of primary amides is 1. The number of carboxylic acids is 1. The van der Waals surface area contributed by atoms with Crippen LogP contribution in [0.1, 0.15) is 6.92 Å². The zero-order valence-electron chi connectivity index (χ0n) is 6.65. The molecule has 0 aromatic heterocycles. The molecule has 1 amide bonds. The van der Waals surface area contributed by atoms with E-state index in [4.69, 9.17) is 5.11 Å². The van der Waals surface area contributed by atoms with E-state index in [1.807, 2.05) is 0 Å². The number of halogens is 1. The van der Waals surface area contributed by atoms with Gasteiger partial charge in [-0.25, -0.2) is 9.59 Å². The van der Waals surface area contributed by atoms with Crippen molar-refractivity contribution in [2.45, 2.75) is 6.92 Å². The summed E-state index contributed by atoms with van der Waals surface area (Å²) in [7, 11) is 0. The minimum absolute atomic E-state index is 0. The second-order valence-corrected chi connectivity index (χ2v) is 1.29. The van der Waals surface area contributed by atoms with Gasteiger partial charge in [-0.15, -0.1) is 0 Å². The number of nitrogens with two attached hydrogens (primary N) is 1. The van der Waals surface area contributed by atoms with Gasteiger partial charge in [0.25, 0.3) is 0 Å². The van der Waals surface area contributed by atoms with Gasteiger partial charge >= 0.3 is 12.1 Å². The molecule has 0 bridgehead atoms. The Labute approximate surface area is 69.2 Å². The quantitative estimate of drug-likeness (QED) is 0.607. The largest absolute Gasteiger partial charge is 0.478 e. The van der Waals surface area contributed by atoms with E-state index < -0.39 is 12.1 Å². The minimum atomic E-state index is -0.981. The molecule has 0 unspecified atom stereocenters. The summed E-state index contributed by atoms with van der Waals surface area (Å²) >= 11 is 0. The lowest BCUT2D eigenvalue weighted by Crippen LogP contribution is -2.11. The number of carbonyl (C=O) groups is 2. The highest BCUT2D eigenvalue weighted by Gasteiger charge is 1.82. The summed E-state index contributed by atoms with van der Waals surface area (Å²) in [5, 5.41) is 7.60. The van der Waals surface area contributed by atoms with E-state index in [1.165, 1.54) is 0 Å². The zero-order valence-corrected chi connectivity index (χ0v) is 6.65. The lowest BCUT2D eigenvalue weighted by Gasteiger charge is -1.89. The van der Waals surface area contributed by atoms with E-state index >= 15 is 0 Å². The average molecular weight is 181 g/mol. The Morgan fingerprint density at radius 3 is 2.00 bits per heavy atom. The highest BCUT2D eigenvalue weighted by Crippen LogP contribution is 1.66. The van der Waals surface area contributed by atoms with Crippen molar-refractivity contribution in [3.05, 3.63) is 12.7 Å². The Morgan fingerprint density at radius 2 is 2.00 bits per heavy atom. The number of rotatable bonds is 2. The van der Waals surface area contributed by atoms with Crippen molar-refractivity contribution >= 4 is 12.1 Å². The van der Waals surface area contributed by atoms with Gasteiger partial charge in [0.1, 0.15) is 0 Å². The summed E-state index contributed by atoms with van der Waals surface area (Å²) in [6.45, 7) is 5.02. The first kappa shape index (κ1) is 16.8. The first-order valence-electron chi connectivity index (χ1n) is 2.82. The molecule has 0 saturated carbocycles. The third-order valence-corrected chi connectivity index (χ3v) is 0.461. The number of hydrogen-bond acceptors (Lipinski definition) is 3. The van der Waals surface area contributed by atoms with Crippen molar-refractivity contribution < 1.29 is 24.1 Å². The molecule has 0 rings (SSSR count). The Morgan fingerprint density at radius 1 is 1.67 bits per heavy atom. The van der Waals surface area contributed by atoms with Crippen LogP contribution < -0.4 is 5.73 Å². The van der Waals surface area contributed by atoms with Crippen LogP contribution >= 0.6 is 0 Å².